The highest BCUT2D eigenvalue weighted by molar-refractivity contribution is 7.18. The van der Waals surface area contributed by atoms with Crippen molar-refractivity contribution >= 4 is 33.1 Å². The van der Waals surface area contributed by atoms with Crippen LogP contribution in [-0.2, 0) is 13.6 Å². The highest BCUT2D eigenvalue weighted by Crippen LogP contribution is 2.35. The number of hydrogen-bond acceptors (Lipinski definition) is 7. The molecular formula is C21H29N7S. The van der Waals surface area contributed by atoms with Crippen LogP contribution in [0, 0.1) is 13.8 Å². The van der Waals surface area contributed by atoms with Crippen LogP contribution in [0.1, 0.15) is 29.1 Å². The van der Waals surface area contributed by atoms with E-state index in [0.29, 0.717) is 0 Å². The molecule has 0 saturated carbocycles. The van der Waals surface area contributed by atoms with Crippen LogP contribution in [0.25, 0.3) is 10.2 Å². The summed E-state index contributed by atoms with van der Waals surface area (Å²) < 4.78 is 1.87. The van der Waals surface area contributed by atoms with Crippen molar-refractivity contribution in [1.82, 2.24) is 24.6 Å². The van der Waals surface area contributed by atoms with Gasteiger partial charge < -0.3 is 9.80 Å². The fourth-order valence-corrected chi connectivity index (χ4v) is 5.50. The Morgan fingerprint density at radius 2 is 1.69 bits per heavy atom. The molecule has 5 heterocycles. The molecule has 2 aliphatic rings. The van der Waals surface area contributed by atoms with Gasteiger partial charge in [-0.1, -0.05) is 0 Å². The lowest BCUT2D eigenvalue weighted by Gasteiger charge is -2.36. The van der Waals surface area contributed by atoms with E-state index in [9.17, 15) is 0 Å². The molecule has 3 aromatic rings. The highest BCUT2D eigenvalue weighted by Gasteiger charge is 2.24. The predicted molar refractivity (Wildman–Crippen MR) is 119 cm³/mol. The first-order valence-electron chi connectivity index (χ1n) is 10.6. The molecule has 0 aliphatic carbocycles. The number of thiophene rings is 1. The van der Waals surface area contributed by atoms with Gasteiger partial charge >= 0.3 is 0 Å². The number of fused-ring (bicyclic) bond motifs is 1. The van der Waals surface area contributed by atoms with Gasteiger partial charge in [0.2, 0.25) is 0 Å². The van der Waals surface area contributed by atoms with E-state index < -0.39 is 0 Å². The van der Waals surface area contributed by atoms with E-state index in [1.807, 2.05) is 29.3 Å². The van der Waals surface area contributed by atoms with Gasteiger partial charge in [-0.05, 0) is 45.3 Å². The predicted octanol–water partition coefficient (Wildman–Crippen LogP) is 2.96. The molecule has 0 amide bonds. The molecule has 0 atom stereocenters. The van der Waals surface area contributed by atoms with Gasteiger partial charge in [0.15, 0.2) is 0 Å². The number of piperazine rings is 1. The number of likely N-dealkylation sites (tertiary alicyclic amines) is 1. The number of anilines is 2. The molecule has 0 aromatic carbocycles. The van der Waals surface area contributed by atoms with Crippen LogP contribution in [0.5, 0.6) is 0 Å². The number of aryl methyl sites for hydroxylation is 3. The van der Waals surface area contributed by atoms with Crippen molar-refractivity contribution in [3.63, 3.8) is 0 Å². The van der Waals surface area contributed by atoms with Gasteiger partial charge in [-0.15, -0.1) is 11.3 Å². The second-order valence-electron chi connectivity index (χ2n) is 8.26. The molecular weight excluding hydrogens is 382 g/mol. The minimum absolute atomic E-state index is 0.870. The lowest BCUT2D eigenvalue weighted by molar-refractivity contribution is 0.323. The minimum atomic E-state index is 0.870. The van der Waals surface area contributed by atoms with Crippen molar-refractivity contribution in [2.75, 3.05) is 49.1 Å². The van der Waals surface area contributed by atoms with Crippen molar-refractivity contribution in [3.8, 4) is 0 Å². The average molecular weight is 412 g/mol. The van der Waals surface area contributed by atoms with Gasteiger partial charge in [-0.3, -0.25) is 9.58 Å². The molecule has 2 fully saturated rings. The van der Waals surface area contributed by atoms with Crippen molar-refractivity contribution in [2.24, 2.45) is 7.05 Å². The van der Waals surface area contributed by atoms with Crippen LogP contribution >= 0.6 is 11.3 Å². The van der Waals surface area contributed by atoms with Crippen molar-refractivity contribution in [2.45, 2.75) is 33.2 Å². The number of rotatable bonds is 4. The first-order valence-corrected chi connectivity index (χ1v) is 11.4. The Bertz CT molecular complexity index is 1010. The molecule has 3 aromatic heterocycles. The lowest BCUT2D eigenvalue weighted by Crippen LogP contribution is -2.47. The molecule has 7 nitrogen and oxygen atoms in total. The summed E-state index contributed by atoms with van der Waals surface area (Å²) in [6.45, 7) is 11.5. The average Bonchev–Trinajstić information content (AvgIpc) is 3.44. The first kappa shape index (κ1) is 18.8. The summed E-state index contributed by atoms with van der Waals surface area (Å²) in [4.78, 5) is 19.9. The molecule has 0 radical (unpaired) electrons. The monoisotopic (exact) mass is 411 g/mol. The van der Waals surface area contributed by atoms with Crippen molar-refractivity contribution < 1.29 is 0 Å². The highest BCUT2D eigenvalue weighted by atomic mass is 32.1. The number of hydrogen-bond donors (Lipinski definition) is 0. The Hall–Kier alpha value is -2.19. The lowest BCUT2D eigenvalue weighted by atomic mass is 10.2. The Kier molecular flexibility index (Phi) is 4.91. The molecule has 0 spiro atoms. The topological polar surface area (TPSA) is 53.3 Å². The Morgan fingerprint density at radius 3 is 2.38 bits per heavy atom. The zero-order valence-electron chi connectivity index (χ0n) is 17.6. The SMILES string of the molecule is Cc1sc2nc(CN3CCCC3)nc(N3CCN(c4cnn(C)c4)CC3)c2c1C. The number of aromatic nitrogens is 4. The smallest absolute Gasteiger partial charge is 0.146 e. The third kappa shape index (κ3) is 3.59. The van der Waals surface area contributed by atoms with Crippen LogP contribution in [0.3, 0.4) is 0 Å². The fraction of sp³-hybridized carbons (Fsp3) is 0.571. The Labute approximate surface area is 176 Å². The first-order chi connectivity index (χ1) is 14.1. The summed E-state index contributed by atoms with van der Waals surface area (Å²) in [5.41, 5.74) is 2.54. The maximum atomic E-state index is 5.11. The molecule has 2 saturated heterocycles. The Morgan fingerprint density at radius 1 is 0.966 bits per heavy atom. The van der Waals surface area contributed by atoms with Crippen LogP contribution in [-0.4, -0.2) is 63.9 Å². The zero-order valence-corrected chi connectivity index (χ0v) is 18.4. The normalized spacial score (nSPS) is 18.3. The van der Waals surface area contributed by atoms with Gasteiger partial charge in [0.25, 0.3) is 0 Å². The van der Waals surface area contributed by atoms with Crippen LogP contribution in [0.15, 0.2) is 12.4 Å². The fourth-order valence-electron chi connectivity index (χ4n) is 4.46. The van der Waals surface area contributed by atoms with Gasteiger partial charge in [-0.2, -0.15) is 5.10 Å². The van der Waals surface area contributed by atoms with E-state index in [1.54, 1.807) is 0 Å². The molecule has 0 unspecified atom stereocenters. The van der Waals surface area contributed by atoms with E-state index in [4.69, 9.17) is 9.97 Å². The Balaban J connectivity index is 1.43. The van der Waals surface area contributed by atoms with Gasteiger partial charge in [0, 0.05) is 44.3 Å². The van der Waals surface area contributed by atoms with Crippen molar-refractivity contribution in [1.29, 1.82) is 0 Å². The maximum absolute atomic E-state index is 5.11. The van der Waals surface area contributed by atoms with Gasteiger partial charge in [-0.25, -0.2) is 9.97 Å². The third-order valence-electron chi connectivity index (χ3n) is 6.26. The minimum Gasteiger partial charge on any atom is -0.365 e. The van der Waals surface area contributed by atoms with E-state index >= 15 is 0 Å². The molecule has 8 heteroatoms. The van der Waals surface area contributed by atoms with Crippen LogP contribution in [0.2, 0.25) is 0 Å². The molecule has 2 aliphatic heterocycles. The quantitative estimate of drug-likeness (QED) is 0.658. The largest absolute Gasteiger partial charge is 0.365 e. The number of nitrogens with zero attached hydrogens (tertiary/aromatic N) is 7. The van der Waals surface area contributed by atoms with E-state index in [0.717, 1.165) is 49.2 Å². The molecule has 0 bridgehead atoms. The standard InChI is InChI=1S/C21H29N7S/c1-15-16(2)29-21-19(15)20(23-18(24-21)14-26-6-4-5-7-26)28-10-8-27(9-11-28)17-12-22-25(3)13-17/h12-13H,4-11,14H2,1-3H3. The van der Waals surface area contributed by atoms with Crippen LogP contribution < -0.4 is 9.80 Å². The molecule has 0 N–H and O–H groups in total. The summed E-state index contributed by atoms with van der Waals surface area (Å²) >= 11 is 1.81. The molecule has 5 rings (SSSR count). The second-order valence-corrected chi connectivity index (χ2v) is 9.46. The van der Waals surface area contributed by atoms with Gasteiger partial charge in [0.1, 0.15) is 16.5 Å². The summed E-state index contributed by atoms with van der Waals surface area (Å²) in [6.07, 6.45) is 6.64. The molecule has 154 valence electrons. The van der Waals surface area contributed by atoms with E-state index in [1.165, 1.54) is 47.4 Å². The van der Waals surface area contributed by atoms with Gasteiger partial charge in [0.05, 0.1) is 23.8 Å². The molecule has 29 heavy (non-hydrogen) atoms. The van der Waals surface area contributed by atoms with Crippen molar-refractivity contribution in [3.05, 3.63) is 28.7 Å². The maximum Gasteiger partial charge on any atom is 0.146 e. The summed E-state index contributed by atoms with van der Waals surface area (Å²) in [5, 5.41) is 5.58. The summed E-state index contributed by atoms with van der Waals surface area (Å²) in [7, 11) is 1.97. The second kappa shape index (κ2) is 7.57. The van der Waals surface area contributed by atoms with Crippen LogP contribution in [0.4, 0.5) is 11.5 Å². The van der Waals surface area contributed by atoms with E-state index in [2.05, 4.69) is 39.8 Å². The summed E-state index contributed by atoms with van der Waals surface area (Å²) in [6, 6.07) is 0. The zero-order chi connectivity index (χ0) is 20.0. The van der Waals surface area contributed by atoms with E-state index in [-0.39, 0.29) is 0 Å². The third-order valence-corrected chi connectivity index (χ3v) is 7.36. The summed E-state index contributed by atoms with van der Waals surface area (Å²) in [5.74, 6) is 2.11.